The number of hydrogen-bond donors (Lipinski definition) is 1. The first-order valence-corrected chi connectivity index (χ1v) is 5.79. The van der Waals surface area contributed by atoms with Crippen LogP contribution in [0.3, 0.4) is 0 Å². The number of piperidine rings is 1. The summed E-state index contributed by atoms with van der Waals surface area (Å²) in [5, 5.41) is 3.59. The van der Waals surface area contributed by atoms with Gasteiger partial charge in [-0.2, -0.15) is 0 Å². The van der Waals surface area contributed by atoms with Crippen LogP contribution >= 0.6 is 0 Å². The van der Waals surface area contributed by atoms with Crippen molar-refractivity contribution in [1.82, 2.24) is 10.2 Å². The minimum atomic E-state index is 0.705. The molecule has 2 heterocycles. The molecule has 1 aromatic heterocycles. The molecule has 1 aliphatic rings. The molecule has 1 fully saturated rings. The number of rotatable bonds is 4. The summed E-state index contributed by atoms with van der Waals surface area (Å²) in [6.07, 6.45) is 5.29. The summed E-state index contributed by atoms with van der Waals surface area (Å²) in [6.45, 7) is 3.47. The quantitative estimate of drug-likeness (QED) is 0.813. The van der Waals surface area contributed by atoms with Crippen molar-refractivity contribution in [3.63, 3.8) is 0 Å². The molecule has 1 N–H and O–H groups in total. The van der Waals surface area contributed by atoms with Crippen molar-refractivity contribution in [2.45, 2.75) is 25.3 Å². The van der Waals surface area contributed by atoms with Gasteiger partial charge in [0.2, 0.25) is 0 Å². The highest BCUT2D eigenvalue weighted by Gasteiger charge is 2.15. The highest BCUT2D eigenvalue weighted by molar-refractivity contribution is 4.98. The molecule has 84 valence electrons. The number of furan rings is 1. The van der Waals surface area contributed by atoms with Crippen LogP contribution in [-0.4, -0.2) is 37.6 Å². The smallest absolute Gasteiger partial charge is 0.105 e. The van der Waals surface area contributed by atoms with E-state index >= 15 is 0 Å². The first-order chi connectivity index (χ1) is 7.34. The molecule has 3 nitrogen and oxygen atoms in total. The van der Waals surface area contributed by atoms with Gasteiger partial charge in [-0.05, 0) is 45.1 Å². The lowest BCUT2D eigenvalue weighted by molar-refractivity contribution is 0.235. The van der Waals surface area contributed by atoms with E-state index in [1.54, 1.807) is 6.26 Å². The Bertz CT molecular complexity index is 263. The van der Waals surface area contributed by atoms with Crippen LogP contribution in [0.4, 0.5) is 0 Å². The van der Waals surface area contributed by atoms with Crippen LogP contribution in [0.15, 0.2) is 22.8 Å². The summed E-state index contributed by atoms with van der Waals surface area (Å²) in [5.74, 6) is 1.08. The second kappa shape index (κ2) is 5.33. The largest absolute Gasteiger partial charge is 0.469 e. The summed E-state index contributed by atoms with van der Waals surface area (Å²) in [6, 6.07) is 4.69. The van der Waals surface area contributed by atoms with E-state index in [4.69, 9.17) is 4.42 Å². The molecular weight excluding hydrogens is 188 g/mol. The van der Waals surface area contributed by atoms with E-state index in [1.165, 1.54) is 25.9 Å². The summed E-state index contributed by atoms with van der Waals surface area (Å²) in [4.78, 5) is 2.39. The Kier molecular flexibility index (Phi) is 3.80. The summed E-state index contributed by atoms with van der Waals surface area (Å²) in [7, 11) is 2.19. The van der Waals surface area contributed by atoms with Crippen LogP contribution in [0.5, 0.6) is 0 Å². The van der Waals surface area contributed by atoms with Crippen LogP contribution < -0.4 is 5.32 Å². The highest BCUT2D eigenvalue weighted by atomic mass is 16.3. The maximum Gasteiger partial charge on any atom is 0.105 e. The third-order valence-corrected chi connectivity index (χ3v) is 3.10. The van der Waals surface area contributed by atoms with Crippen LogP contribution in [0.2, 0.25) is 0 Å². The van der Waals surface area contributed by atoms with E-state index in [-0.39, 0.29) is 0 Å². The molecule has 0 unspecified atom stereocenters. The van der Waals surface area contributed by atoms with Crippen molar-refractivity contribution in [3.05, 3.63) is 24.2 Å². The van der Waals surface area contributed by atoms with Crippen LogP contribution in [0, 0.1) is 0 Å². The SMILES string of the molecule is CN1CCC(NCCc2ccco2)CC1. The maximum atomic E-state index is 5.29. The summed E-state index contributed by atoms with van der Waals surface area (Å²) < 4.78 is 5.29. The topological polar surface area (TPSA) is 28.4 Å². The van der Waals surface area contributed by atoms with Crippen molar-refractivity contribution >= 4 is 0 Å². The average molecular weight is 208 g/mol. The molecule has 0 radical (unpaired) electrons. The fourth-order valence-corrected chi connectivity index (χ4v) is 2.07. The van der Waals surface area contributed by atoms with E-state index in [1.807, 2.05) is 12.1 Å². The standard InChI is InChI=1S/C12H20N2O/c1-14-8-5-11(6-9-14)13-7-4-12-3-2-10-15-12/h2-3,10-11,13H,4-9H2,1H3. The zero-order valence-corrected chi connectivity index (χ0v) is 9.41. The van der Waals surface area contributed by atoms with Gasteiger partial charge in [-0.1, -0.05) is 0 Å². The van der Waals surface area contributed by atoms with Crippen molar-refractivity contribution in [1.29, 1.82) is 0 Å². The third kappa shape index (κ3) is 3.36. The average Bonchev–Trinajstić information content (AvgIpc) is 2.74. The van der Waals surface area contributed by atoms with Gasteiger partial charge in [-0.15, -0.1) is 0 Å². The Morgan fingerprint density at radius 3 is 2.93 bits per heavy atom. The monoisotopic (exact) mass is 208 g/mol. The molecule has 0 bridgehead atoms. The first-order valence-electron chi connectivity index (χ1n) is 5.79. The molecule has 1 saturated heterocycles. The number of nitrogens with one attached hydrogen (secondary N) is 1. The van der Waals surface area contributed by atoms with Crippen molar-refractivity contribution in [2.24, 2.45) is 0 Å². The van der Waals surface area contributed by atoms with Gasteiger partial charge in [-0.3, -0.25) is 0 Å². The number of hydrogen-bond acceptors (Lipinski definition) is 3. The van der Waals surface area contributed by atoms with E-state index < -0.39 is 0 Å². The van der Waals surface area contributed by atoms with Crippen molar-refractivity contribution in [2.75, 3.05) is 26.7 Å². The molecule has 2 rings (SSSR count). The fraction of sp³-hybridized carbons (Fsp3) is 0.667. The van der Waals surface area contributed by atoms with E-state index in [0.29, 0.717) is 6.04 Å². The van der Waals surface area contributed by atoms with Gasteiger partial charge in [0.25, 0.3) is 0 Å². The van der Waals surface area contributed by atoms with Crippen LogP contribution in [0.25, 0.3) is 0 Å². The van der Waals surface area contributed by atoms with Gasteiger partial charge >= 0.3 is 0 Å². The lowest BCUT2D eigenvalue weighted by Crippen LogP contribution is -2.41. The molecular formula is C12H20N2O. The fourth-order valence-electron chi connectivity index (χ4n) is 2.07. The Morgan fingerprint density at radius 1 is 1.47 bits per heavy atom. The lowest BCUT2D eigenvalue weighted by atomic mass is 10.1. The van der Waals surface area contributed by atoms with Gasteiger partial charge < -0.3 is 14.6 Å². The molecule has 3 heteroatoms. The Balaban J connectivity index is 1.62. The molecule has 15 heavy (non-hydrogen) atoms. The number of nitrogens with zero attached hydrogens (tertiary/aromatic N) is 1. The van der Waals surface area contributed by atoms with Crippen LogP contribution in [-0.2, 0) is 6.42 Å². The first kappa shape index (κ1) is 10.7. The molecule has 0 aromatic carbocycles. The molecule has 0 saturated carbocycles. The Labute approximate surface area is 91.4 Å². The highest BCUT2D eigenvalue weighted by Crippen LogP contribution is 2.08. The third-order valence-electron chi connectivity index (χ3n) is 3.10. The van der Waals surface area contributed by atoms with E-state index in [0.717, 1.165) is 18.7 Å². The summed E-state index contributed by atoms with van der Waals surface area (Å²) >= 11 is 0. The van der Waals surface area contributed by atoms with Gasteiger partial charge in [0.05, 0.1) is 6.26 Å². The lowest BCUT2D eigenvalue weighted by Gasteiger charge is -2.29. The summed E-state index contributed by atoms with van der Waals surface area (Å²) in [5.41, 5.74) is 0. The second-order valence-corrected chi connectivity index (χ2v) is 4.36. The maximum absolute atomic E-state index is 5.29. The minimum absolute atomic E-state index is 0.705. The molecule has 1 aromatic rings. The molecule has 0 aliphatic carbocycles. The van der Waals surface area contributed by atoms with E-state index in [9.17, 15) is 0 Å². The molecule has 0 amide bonds. The van der Waals surface area contributed by atoms with E-state index in [2.05, 4.69) is 17.3 Å². The minimum Gasteiger partial charge on any atom is -0.469 e. The normalized spacial score (nSPS) is 19.5. The molecule has 0 atom stereocenters. The predicted molar refractivity (Wildman–Crippen MR) is 60.9 cm³/mol. The Hall–Kier alpha value is -0.800. The number of likely N-dealkylation sites (tertiary alicyclic amines) is 1. The zero-order chi connectivity index (χ0) is 10.5. The molecule has 0 spiro atoms. The van der Waals surface area contributed by atoms with Crippen molar-refractivity contribution in [3.8, 4) is 0 Å². The molecule has 1 aliphatic heterocycles. The van der Waals surface area contributed by atoms with Gasteiger partial charge in [0.15, 0.2) is 0 Å². The predicted octanol–water partition coefficient (Wildman–Crippen LogP) is 1.51. The Morgan fingerprint density at radius 2 is 2.27 bits per heavy atom. The second-order valence-electron chi connectivity index (χ2n) is 4.36. The van der Waals surface area contributed by atoms with Gasteiger partial charge in [-0.25, -0.2) is 0 Å². The van der Waals surface area contributed by atoms with Gasteiger partial charge in [0, 0.05) is 19.0 Å². The zero-order valence-electron chi connectivity index (χ0n) is 9.41. The van der Waals surface area contributed by atoms with Gasteiger partial charge in [0.1, 0.15) is 5.76 Å². The van der Waals surface area contributed by atoms with Crippen LogP contribution in [0.1, 0.15) is 18.6 Å². The van der Waals surface area contributed by atoms with Crippen molar-refractivity contribution < 1.29 is 4.42 Å².